The first-order chi connectivity index (χ1) is 20.2. The molecule has 0 aliphatic heterocycles. The summed E-state index contributed by atoms with van der Waals surface area (Å²) in [6.45, 7) is 6.24. The van der Waals surface area contributed by atoms with Crippen LogP contribution in [0.4, 0.5) is 17.1 Å². The topological polar surface area (TPSA) is 125 Å². The van der Waals surface area contributed by atoms with Crippen molar-refractivity contribution in [2.75, 3.05) is 10.6 Å². The number of aliphatic hydroxyl groups excluding tert-OH is 1. The number of para-hydroxylation sites is 2. The molecule has 2 atom stereocenters. The summed E-state index contributed by atoms with van der Waals surface area (Å²) >= 11 is 0. The van der Waals surface area contributed by atoms with Crippen LogP contribution in [0.15, 0.2) is 60.7 Å². The largest absolute Gasteiger partial charge is 0.392 e. The molecule has 0 saturated heterocycles. The number of Topliss-reactive ketones (excluding diaryl/α,β-unsaturated/α-hetero) is 3. The second-order valence-corrected chi connectivity index (χ2v) is 10.7. The fourth-order valence-corrected chi connectivity index (χ4v) is 5.34. The van der Waals surface area contributed by atoms with Crippen molar-refractivity contribution in [3.05, 3.63) is 71.8 Å². The van der Waals surface area contributed by atoms with Crippen molar-refractivity contribution < 1.29 is 24.3 Å². The van der Waals surface area contributed by atoms with Gasteiger partial charge < -0.3 is 25.3 Å². The number of aliphatic hydroxyl groups is 1. The third kappa shape index (κ3) is 6.71. The van der Waals surface area contributed by atoms with Gasteiger partial charge in [0.1, 0.15) is 11.6 Å². The number of pyridine rings is 1. The highest BCUT2D eigenvalue weighted by atomic mass is 16.3. The van der Waals surface area contributed by atoms with Crippen LogP contribution in [-0.4, -0.2) is 33.3 Å². The monoisotopic (exact) mass is 567 g/mol. The molecule has 1 amide bonds. The van der Waals surface area contributed by atoms with Gasteiger partial charge in [0, 0.05) is 35.4 Å². The van der Waals surface area contributed by atoms with Gasteiger partial charge in [-0.05, 0) is 56.5 Å². The number of anilines is 3. The normalized spacial score (nSPS) is 12.6. The fraction of sp³-hybridized carbons (Fsp3) is 0.324. The lowest BCUT2D eigenvalue weighted by Crippen LogP contribution is -2.27. The van der Waals surface area contributed by atoms with Gasteiger partial charge >= 0.3 is 0 Å². The second-order valence-electron chi connectivity index (χ2n) is 10.7. The zero-order valence-electron chi connectivity index (χ0n) is 24.5. The van der Waals surface area contributed by atoms with Gasteiger partial charge in [0.15, 0.2) is 5.78 Å². The molecule has 0 radical (unpaired) electrons. The number of nitrogens with zero attached hydrogens (tertiary/aromatic N) is 1. The SMILES string of the molecule is CCC(CC(C)=O)C(=O)Nc1cc(CO)cc(Nc2c3ccccc3nc3ccccc23)c1C(=O)C(CC)CC(C)=O. The summed E-state index contributed by atoms with van der Waals surface area (Å²) < 4.78 is 0. The maximum atomic E-state index is 14.2. The zero-order chi connectivity index (χ0) is 30.4. The lowest BCUT2D eigenvalue weighted by molar-refractivity contribution is -0.125. The Morgan fingerprint density at radius 1 is 0.786 bits per heavy atom. The first-order valence-corrected chi connectivity index (χ1v) is 14.3. The molecule has 0 aliphatic carbocycles. The average Bonchev–Trinajstić information content (AvgIpc) is 2.97. The van der Waals surface area contributed by atoms with E-state index < -0.39 is 11.8 Å². The Hall–Kier alpha value is -4.43. The summed E-state index contributed by atoms with van der Waals surface area (Å²) in [6.07, 6.45) is 1.01. The molecule has 0 bridgehead atoms. The van der Waals surface area contributed by atoms with Crippen LogP contribution in [0.1, 0.15) is 69.3 Å². The van der Waals surface area contributed by atoms with Crippen LogP contribution in [0, 0.1) is 11.8 Å². The van der Waals surface area contributed by atoms with Crippen LogP contribution in [-0.2, 0) is 21.0 Å². The first-order valence-electron chi connectivity index (χ1n) is 14.3. The Kier molecular flexibility index (Phi) is 9.80. The summed E-state index contributed by atoms with van der Waals surface area (Å²) in [6, 6.07) is 18.6. The van der Waals surface area contributed by atoms with Gasteiger partial charge in [-0.2, -0.15) is 0 Å². The van der Waals surface area contributed by atoms with Crippen molar-refractivity contribution in [2.45, 2.75) is 60.0 Å². The Bertz CT molecular complexity index is 1610. The smallest absolute Gasteiger partial charge is 0.227 e. The zero-order valence-corrected chi connectivity index (χ0v) is 24.5. The molecule has 218 valence electrons. The van der Waals surface area contributed by atoms with Crippen LogP contribution >= 0.6 is 0 Å². The molecule has 4 aromatic rings. The first kappa shape index (κ1) is 30.5. The molecule has 8 nitrogen and oxygen atoms in total. The Morgan fingerprint density at radius 2 is 1.31 bits per heavy atom. The van der Waals surface area contributed by atoms with Crippen LogP contribution < -0.4 is 10.6 Å². The lowest BCUT2D eigenvalue weighted by Gasteiger charge is -2.23. The van der Waals surface area contributed by atoms with Gasteiger partial charge in [0.05, 0.1) is 40.3 Å². The highest BCUT2D eigenvalue weighted by Crippen LogP contribution is 2.38. The third-order valence-electron chi connectivity index (χ3n) is 7.53. The summed E-state index contributed by atoms with van der Waals surface area (Å²) in [7, 11) is 0. The van der Waals surface area contributed by atoms with Gasteiger partial charge in [-0.15, -0.1) is 0 Å². The molecule has 3 N–H and O–H groups in total. The van der Waals surface area contributed by atoms with Gasteiger partial charge in [-0.1, -0.05) is 50.2 Å². The fourth-order valence-electron chi connectivity index (χ4n) is 5.34. The van der Waals surface area contributed by atoms with Gasteiger partial charge in [-0.3, -0.25) is 9.59 Å². The minimum atomic E-state index is -0.608. The number of ketones is 3. The molecule has 0 fully saturated rings. The maximum Gasteiger partial charge on any atom is 0.227 e. The Morgan fingerprint density at radius 3 is 1.83 bits per heavy atom. The van der Waals surface area contributed by atoms with E-state index in [0.717, 1.165) is 27.5 Å². The van der Waals surface area contributed by atoms with Crippen LogP contribution in [0.25, 0.3) is 21.8 Å². The summed E-state index contributed by atoms with van der Waals surface area (Å²) in [5.74, 6) is -2.08. The van der Waals surface area contributed by atoms with E-state index >= 15 is 0 Å². The van der Waals surface area contributed by atoms with Crippen LogP contribution in [0.5, 0.6) is 0 Å². The number of fused-ring (bicyclic) bond motifs is 2. The van der Waals surface area contributed by atoms with Crippen molar-refractivity contribution in [1.82, 2.24) is 4.98 Å². The van der Waals surface area contributed by atoms with Gasteiger partial charge in [0.25, 0.3) is 0 Å². The Labute approximate surface area is 245 Å². The second kappa shape index (κ2) is 13.5. The van der Waals surface area contributed by atoms with E-state index in [1.165, 1.54) is 13.8 Å². The summed E-state index contributed by atoms with van der Waals surface area (Å²) in [4.78, 5) is 56.3. The van der Waals surface area contributed by atoms with E-state index in [1.807, 2.05) is 62.4 Å². The molecule has 0 saturated carbocycles. The minimum absolute atomic E-state index is 0.0625. The number of carbonyl (C=O) groups is 4. The molecule has 2 unspecified atom stereocenters. The predicted octanol–water partition coefficient (Wildman–Crippen LogP) is 6.76. The molecule has 0 aliphatic rings. The van der Waals surface area contributed by atoms with E-state index in [-0.39, 0.29) is 54.0 Å². The summed E-state index contributed by atoms with van der Waals surface area (Å²) in [5, 5.41) is 18.2. The van der Waals surface area contributed by atoms with E-state index in [4.69, 9.17) is 4.98 Å². The van der Waals surface area contributed by atoms with E-state index in [1.54, 1.807) is 12.1 Å². The molecule has 42 heavy (non-hydrogen) atoms. The molecule has 4 rings (SSSR count). The molecular weight excluding hydrogens is 530 g/mol. The van der Waals surface area contributed by atoms with Gasteiger partial charge in [0.2, 0.25) is 5.91 Å². The third-order valence-corrected chi connectivity index (χ3v) is 7.53. The number of carbonyl (C=O) groups excluding carboxylic acids is 4. The highest BCUT2D eigenvalue weighted by Gasteiger charge is 2.28. The molecule has 8 heteroatoms. The average molecular weight is 568 g/mol. The highest BCUT2D eigenvalue weighted by molar-refractivity contribution is 6.14. The van der Waals surface area contributed by atoms with Crippen LogP contribution in [0.3, 0.4) is 0 Å². The van der Waals surface area contributed by atoms with E-state index in [2.05, 4.69) is 10.6 Å². The molecule has 1 heterocycles. The number of aromatic nitrogens is 1. The number of benzene rings is 3. The predicted molar refractivity (Wildman–Crippen MR) is 166 cm³/mol. The lowest BCUT2D eigenvalue weighted by atomic mass is 9.88. The van der Waals surface area contributed by atoms with Gasteiger partial charge in [-0.25, -0.2) is 4.98 Å². The Balaban J connectivity index is 1.95. The van der Waals surface area contributed by atoms with E-state index in [0.29, 0.717) is 24.1 Å². The quantitative estimate of drug-likeness (QED) is 0.120. The molecule has 3 aromatic carbocycles. The van der Waals surface area contributed by atoms with Crippen LogP contribution in [0.2, 0.25) is 0 Å². The van der Waals surface area contributed by atoms with Crippen molar-refractivity contribution in [2.24, 2.45) is 11.8 Å². The molecule has 0 spiro atoms. The number of hydrogen-bond acceptors (Lipinski definition) is 7. The van der Waals surface area contributed by atoms with Crippen molar-refractivity contribution in [3.63, 3.8) is 0 Å². The van der Waals surface area contributed by atoms with Crippen molar-refractivity contribution in [1.29, 1.82) is 0 Å². The van der Waals surface area contributed by atoms with Crippen molar-refractivity contribution >= 4 is 62.1 Å². The van der Waals surface area contributed by atoms with Crippen molar-refractivity contribution in [3.8, 4) is 0 Å². The minimum Gasteiger partial charge on any atom is -0.392 e. The summed E-state index contributed by atoms with van der Waals surface area (Å²) in [5.41, 5.74) is 3.56. The standard InChI is InChI=1S/C34H37N3O5/c1-5-23(15-20(3)39)33(41)31-29(17-22(19-38)18-30(31)37-34(42)24(6-2)16-21(4)40)36-32-25-11-7-9-13-27(25)35-28-14-10-8-12-26(28)32/h7-14,17-18,23-24,38H,5-6,15-16,19H2,1-4H3,(H,35,36)(H,37,42). The molecule has 1 aromatic heterocycles. The van der Waals surface area contributed by atoms with E-state index in [9.17, 15) is 24.3 Å². The number of nitrogens with one attached hydrogen (secondary N) is 2. The maximum absolute atomic E-state index is 14.2. The number of amides is 1. The number of hydrogen-bond donors (Lipinski definition) is 3. The number of rotatable bonds is 13. The molecular formula is C34H37N3O5.